The normalized spacial score (nSPS) is 10.5. The number of aryl methyl sites for hydroxylation is 2. The van der Waals surface area contributed by atoms with E-state index in [1.54, 1.807) is 0 Å². The molecule has 2 rings (SSSR count). The van der Waals surface area contributed by atoms with Crippen LogP contribution in [0, 0.1) is 13.8 Å². The number of hydrogen-bond acceptors (Lipinski definition) is 4. The first kappa shape index (κ1) is 11.3. The van der Waals surface area contributed by atoms with Gasteiger partial charge in [-0.1, -0.05) is 18.2 Å². The van der Waals surface area contributed by atoms with E-state index in [9.17, 15) is 4.79 Å². The van der Waals surface area contributed by atoms with E-state index >= 15 is 0 Å². The molecule has 0 unspecified atom stereocenters. The Hall–Kier alpha value is -2.17. The van der Waals surface area contributed by atoms with Gasteiger partial charge in [-0.3, -0.25) is 0 Å². The van der Waals surface area contributed by atoms with Crippen molar-refractivity contribution in [3.8, 4) is 0 Å². The monoisotopic (exact) mass is 232 g/mol. The van der Waals surface area contributed by atoms with E-state index in [0.717, 1.165) is 5.56 Å². The molecule has 88 valence electrons. The molecule has 1 heterocycles. The average molecular weight is 232 g/mol. The Bertz CT molecular complexity index is 561. The van der Waals surface area contributed by atoms with Crippen LogP contribution in [0.2, 0.25) is 0 Å². The van der Waals surface area contributed by atoms with E-state index in [1.807, 2.05) is 32.0 Å². The van der Waals surface area contributed by atoms with Gasteiger partial charge in [-0.15, -0.1) is 0 Å². The van der Waals surface area contributed by atoms with E-state index in [4.69, 9.17) is 9.63 Å². The smallest absolute Gasteiger partial charge is 0.377 e. The van der Waals surface area contributed by atoms with Crippen LogP contribution in [0.5, 0.6) is 0 Å². The summed E-state index contributed by atoms with van der Waals surface area (Å²) in [6, 6.07) is 6.01. The lowest BCUT2D eigenvalue weighted by Gasteiger charge is -2.02. The van der Waals surface area contributed by atoms with Gasteiger partial charge < -0.3 is 9.63 Å². The quantitative estimate of drug-likeness (QED) is 0.875. The molecule has 0 spiro atoms. The van der Waals surface area contributed by atoms with E-state index in [-0.39, 0.29) is 5.82 Å². The first-order valence-electron chi connectivity index (χ1n) is 5.18. The van der Waals surface area contributed by atoms with E-state index < -0.39 is 5.97 Å². The summed E-state index contributed by atoms with van der Waals surface area (Å²) >= 11 is 0. The van der Waals surface area contributed by atoms with Crippen LogP contribution in [0.15, 0.2) is 22.7 Å². The molecule has 0 saturated heterocycles. The molecule has 0 aliphatic rings. The highest BCUT2D eigenvalue weighted by molar-refractivity contribution is 5.82. The number of hydrogen-bond donors (Lipinski definition) is 1. The number of aromatic nitrogens is 2. The summed E-state index contributed by atoms with van der Waals surface area (Å²) in [6.07, 6.45) is 0.446. The second-order valence-corrected chi connectivity index (χ2v) is 3.91. The van der Waals surface area contributed by atoms with Crippen molar-refractivity contribution in [2.45, 2.75) is 20.3 Å². The number of carbonyl (C=O) groups is 1. The molecule has 0 bridgehead atoms. The highest BCUT2D eigenvalue weighted by Gasteiger charge is 2.13. The number of nitrogens with zero attached hydrogens (tertiary/aromatic N) is 2. The first-order valence-corrected chi connectivity index (χ1v) is 5.18. The van der Waals surface area contributed by atoms with Crippen LogP contribution in [-0.2, 0) is 6.42 Å². The molecule has 0 aliphatic carbocycles. The first-order chi connectivity index (χ1) is 8.06. The fourth-order valence-corrected chi connectivity index (χ4v) is 1.50. The molecular weight excluding hydrogens is 220 g/mol. The standard InChI is InChI=1S/C12H12N2O3/c1-7-3-4-9(5-8(7)2)6-10-13-11(12(15)16)14-17-10/h3-5H,6H2,1-2H3,(H,15,16). The Morgan fingerprint density at radius 3 is 2.71 bits per heavy atom. The van der Waals surface area contributed by atoms with Gasteiger partial charge in [0, 0.05) is 0 Å². The van der Waals surface area contributed by atoms with Crippen molar-refractivity contribution in [3.63, 3.8) is 0 Å². The summed E-state index contributed by atoms with van der Waals surface area (Å²) in [5.74, 6) is -1.17. The fraction of sp³-hybridized carbons (Fsp3) is 0.250. The van der Waals surface area contributed by atoms with E-state index in [1.165, 1.54) is 11.1 Å². The van der Waals surface area contributed by atoms with Gasteiger partial charge in [0.2, 0.25) is 5.89 Å². The number of carboxylic acid groups (broad SMARTS) is 1. The molecule has 17 heavy (non-hydrogen) atoms. The molecule has 1 aromatic heterocycles. The Morgan fingerprint density at radius 1 is 1.35 bits per heavy atom. The molecule has 1 aromatic carbocycles. The average Bonchev–Trinajstić information content (AvgIpc) is 2.72. The van der Waals surface area contributed by atoms with Crippen LogP contribution in [0.1, 0.15) is 33.2 Å². The second-order valence-electron chi connectivity index (χ2n) is 3.91. The molecule has 0 fully saturated rings. The van der Waals surface area contributed by atoms with E-state index in [0.29, 0.717) is 12.3 Å². The van der Waals surface area contributed by atoms with Crippen molar-refractivity contribution in [3.05, 3.63) is 46.6 Å². The molecule has 0 atom stereocenters. The van der Waals surface area contributed by atoms with Gasteiger partial charge >= 0.3 is 5.97 Å². The van der Waals surface area contributed by atoms with Crippen molar-refractivity contribution in [2.75, 3.05) is 0 Å². The van der Waals surface area contributed by atoms with Crippen molar-refractivity contribution in [1.29, 1.82) is 0 Å². The molecular formula is C12H12N2O3. The zero-order valence-corrected chi connectivity index (χ0v) is 9.60. The topological polar surface area (TPSA) is 76.2 Å². The summed E-state index contributed by atoms with van der Waals surface area (Å²) in [5.41, 5.74) is 3.42. The number of aromatic carboxylic acids is 1. The third-order valence-electron chi connectivity index (χ3n) is 2.59. The minimum Gasteiger partial charge on any atom is -0.475 e. The molecule has 5 nitrogen and oxygen atoms in total. The highest BCUT2D eigenvalue weighted by Crippen LogP contribution is 2.13. The molecule has 0 amide bonds. The van der Waals surface area contributed by atoms with Gasteiger partial charge in [0.05, 0.1) is 6.42 Å². The largest absolute Gasteiger partial charge is 0.475 e. The van der Waals surface area contributed by atoms with Crippen molar-refractivity contribution >= 4 is 5.97 Å². The summed E-state index contributed by atoms with van der Waals surface area (Å²) in [7, 11) is 0. The predicted octanol–water partition coefficient (Wildman–Crippen LogP) is 1.98. The highest BCUT2D eigenvalue weighted by atomic mass is 16.5. The lowest BCUT2D eigenvalue weighted by Crippen LogP contribution is -1.99. The summed E-state index contributed by atoms with van der Waals surface area (Å²) in [5, 5.41) is 12.0. The molecule has 2 aromatic rings. The van der Waals surface area contributed by atoms with Crippen molar-refractivity contribution in [1.82, 2.24) is 10.1 Å². The van der Waals surface area contributed by atoms with Crippen LogP contribution in [0.4, 0.5) is 0 Å². The maximum Gasteiger partial charge on any atom is 0.377 e. The Labute approximate surface area is 98.1 Å². The van der Waals surface area contributed by atoms with Gasteiger partial charge in [-0.2, -0.15) is 4.98 Å². The maximum absolute atomic E-state index is 10.6. The number of benzene rings is 1. The van der Waals surface area contributed by atoms with Crippen molar-refractivity contribution in [2.24, 2.45) is 0 Å². The maximum atomic E-state index is 10.6. The van der Waals surface area contributed by atoms with Gasteiger partial charge in [-0.05, 0) is 35.7 Å². The SMILES string of the molecule is Cc1ccc(Cc2nc(C(=O)O)no2)cc1C. The number of rotatable bonds is 3. The number of carboxylic acids is 1. The Morgan fingerprint density at radius 2 is 2.12 bits per heavy atom. The van der Waals surface area contributed by atoms with Gasteiger partial charge in [0.1, 0.15) is 0 Å². The van der Waals surface area contributed by atoms with E-state index in [2.05, 4.69) is 10.1 Å². The van der Waals surface area contributed by atoms with Crippen LogP contribution in [-0.4, -0.2) is 21.2 Å². The predicted molar refractivity (Wildman–Crippen MR) is 60.0 cm³/mol. The van der Waals surface area contributed by atoms with Crippen LogP contribution >= 0.6 is 0 Å². The Kier molecular flexibility index (Phi) is 2.91. The van der Waals surface area contributed by atoms with Crippen LogP contribution in [0.3, 0.4) is 0 Å². The summed E-state index contributed by atoms with van der Waals surface area (Å²) in [6.45, 7) is 4.06. The van der Waals surface area contributed by atoms with Crippen LogP contribution in [0.25, 0.3) is 0 Å². The summed E-state index contributed by atoms with van der Waals surface area (Å²) in [4.78, 5) is 14.4. The van der Waals surface area contributed by atoms with Gasteiger partial charge in [-0.25, -0.2) is 4.79 Å². The molecule has 5 heteroatoms. The van der Waals surface area contributed by atoms with Gasteiger partial charge in [0.15, 0.2) is 0 Å². The minimum atomic E-state index is -1.18. The molecule has 0 saturated carbocycles. The molecule has 0 radical (unpaired) electrons. The minimum absolute atomic E-state index is 0.302. The third-order valence-corrected chi connectivity index (χ3v) is 2.59. The lowest BCUT2D eigenvalue weighted by atomic mass is 10.0. The second kappa shape index (κ2) is 4.37. The zero-order valence-electron chi connectivity index (χ0n) is 9.60. The fourth-order valence-electron chi connectivity index (χ4n) is 1.50. The lowest BCUT2D eigenvalue weighted by molar-refractivity contribution is 0.0680. The molecule has 0 aliphatic heterocycles. The third kappa shape index (κ3) is 2.50. The summed E-state index contributed by atoms with van der Waals surface area (Å²) < 4.78 is 4.86. The Balaban J connectivity index is 2.19. The van der Waals surface area contributed by atoms with Gasteiger partial charge in [0.25, 0.3) is 5.82 Å². The van der Waals surface area contributed by atoms with Crippen molar-refractivity contribution < 1.29 is 14.4 Å². The molecule has 1 N–H and O–H groups in total. The van der Waals surface area contributed by atoms with Crippen LogP contribution < -0.4 is 0 Å². The zero-order chi connectivity index (χ0) is 12.4.